The van der Waals surface area contributed by atoms with Crippen LogP contribution in [0.3, 0.4) is 0 Å². The van der Waals surface area contributed by atoms with Crippen molar-refractivity contribution < 1.29 is 14.3 Å². The average molecular weight is 420 g/mol. The van der Waals surface area contributed by atoms with Crippen molar-refractivity contribution in [3.8, 4) is 17.4 Å². The molecule has 0 saturated heterocycles. The first-order valence-corrected chi connectivity index (χ1v) is 8.68. The number of carbonyl (C=O) groups is 1. The van der Waals surface area contributed by atoms with E-state index in [1.807, 2.05) is 0 Å². The second kappa shape index (κ2) is 8.64. The first kappa shape index (κ1) is 19.5. The van der Waals surface area contributed by atoms with Gasteiger partial charge in [0.15, 0.2) is 17.3 Å². The fourth-order valence-corrected chi connectivity index (χ4v) is 2.72. The fraction of sp³-hybridized carbons (Fsp3) is 0.0556. The van der Waals surface area contributed by atoms with Gasteiger partial charge in [-0.3, -0.25) is 15.6 Å². The van der Waals surface area contributed by atoms with Crippen LogP contribution in [0.5, 0.6) is 17.4 Å². The second-order valence-corrected chi connectivity index (χ2v) is 6.24. The van der Waals surface area contributed by atoms with Gasteiger partial charge in [-0.05, 0) is 30.3 Å². The van der Waals surface area contributed by atoms with Crippen LogP contribution >= 0.6 is 23.2 Å². The summed E-state index contributed by atoms with van der Waals surface area (Å²) < 4.78 is 10.9. The van der Waals surface area contributed by atoms with Gasteiger partial charge in [0.1, 0.15) is 12.0 Å². The molecule has 0 atom stereocenters. The Morgan fingerprint density at radius 2 is 1.86 bits per heavy atom. The molecule has 1 aromatic heterocycles. The molecule has 144 valence electrons. The van der Waals surface area contributed by atoms with Crippen molar-refractivity contribution in [3.05, 3.63) is 64.4 Å². The molecule has 3 rings (SSSR count). The molecular weight excluding hydrogens is 405 g/mol. The fourth-order valence-electron chi connectivity index (χ4n) is 2.22. The van der Waals surface area contributed by atoms with E-state index in [1.54, 1.807) is 30.3 Å². The summed E-state index contributed by atoms with van der Waals surface area (Å²) in [6.07, 6.45) is 1.24. The number of nitrogens with two attached hydrogens (primary N) is 1. The van der Waals surface area contributed by atoms with Crippen LogP contribution in [0.1, 0.15) is 10.4 Å². The minimum atomic E-state index is -0.494. The number of halogens is 2. The molecule has 4 N–H and O–H groups in total. The van der Waals surface area contributed by atoms with Gasteiger partial charge in [0.2, 0.25) is 5.88 Å². The van der Waals surface area contributed by atoms with Crippen LogP contribution in [0.15, 0.2) is 48.8 Å². The van der Waals surface area contributed by atoms with Crippen LogP contribution in [0.4, 0.5) is 11.5 Å². The maximum absolute atomic E-state index is 12.3. The minimum Gasteiger partial charge on any atom is -0.493 e. The second-order valence-electron chi connectivity index (χ2n) is 5.40. The Labute approximate surface area is 170 Å². The number of methoxy groups -OCH3 is 1. The van der Waals surface area contributed by atoms with E-state index < -0.39 is 5.91 Å². The quantitative estimate of drug-likeness (QED) is 0.518. The van der Waals surface area contributed by atoms with Crippen LogP contribution in [0.25, 0.3) is 0 Å². The number of hydrogen-bond acceptors (Lipinski definition) is 7. The number of nitrogens with one attached hydrogen (secondary N) is 2. The van der Waals surface area contributed by atoms with Gasteiger partial charge in [-0.1, -0.05) is 35.3 Å². The standard InChI is InChI=1S/C18H15Cl2N5O3/c1-27-13-4-2-3-5-14(13)28-18-15(21)16(22-9-23-18)24-25-17(26)11-7-6-10(19)8-12(11)20/h2-9H,21H2,1H3,(H,25,26)(H,22,23,24). The first-order valence-electron chi connectivity index (χ1n) is 7.92. The Hall–Kier alpha value is -3.23. The lowest BCUT2D eigenvalue weighted by molar-refractivity contribution is 0.0962. The molecule has 0 spiro atoms. The van der Waals surface area contributed by atoms with E-state index in [9.17, 15) is 4.79 Å². The Morgan fingerprint density at radius 3 is 2.57 bits per heavy atom. The molecule has 0 saturated carbocycles. The van der Waals surface area contributed by atoms with Crippen LogP contribution < -0.4 is 26.1 Å². The van der Waals surface area contributed by atoms with Crippen molar-refractivity contribution in [3.63, 3.8) is 0 Å². The summed E-state index contributed by atoms with van der Waals surface area (Å²) in [5.41, 5.74) is 11.5. The van der Waals surface area contributed by atoms with E-state index in [2.05, 4.69) is 20.8 Å². The highest BCUT2D eigenvalue weighted by Crippen LogP contribution is 2.34. The van der Waals surface area contributed by atoms with Gasteiger partial charge >= 0.3 is 0 Å². The molecule has 0 unspecified atom stereocenters. The molecule has 10 heteroatoms. The summed E-state index contributed by atoms with van der Waals surface area (Å²) >= 11 is 11.9. The number of ether oxygens (including phenoxy) is 2. The third kappa shape index (κ3) is 4.36. The third-order valence-electron chi connectivity index (χ3n) is 3.59. The molecular formula is C18H15Cl2N5O3. The van der Waals surface area contributed by atoms with Gasteiger partial charge in [0.05, 0.1) is 17.7 Å². The van der Waals surface area contributed by atoms with E-state index >= 15 is 0 Å². The number of amides is 1. The number of aromatic nitrogens is 2. The predicted octanol–water partition coefficient (Wildman–Crippen LogP) is 3.92. The summed E-state index contributed by atoms with van der Waals surface area (Å²) in [5.74, 6) is 0.699. The van der Waals surface area contributed by atoms with Crippen LogP contribution in [-0.2, 0) is 0 Å². The van der Waals surface area contributed by atoms with E-state index in [0.717, 1.165) is 0 Å². The van der Waals surface area contributed by atoms with Crippen molar-refractivity contribution in [2.75, 3.05) is 18.3 Å². The predicted molar refractivity (Wildman–Crippen MR) is 107 cm³/mol. The maximum Gasteiger partial charge on any atom is 0.271 e. The summed E-state index contributed by atoms with van der Waals surface area (Å²) in [5, 5.41) is 0.635. The average Bonchev–Trinajstić information content (AvgIpc) is 2.69. The summed E-state index contributed by atoms with van der Waals surface area (Å²) in [6.45, 7) is 0. The Balaban J connectivity index is 1.75. The summed E-state index contributed by atoms with van der Waals surface area (Å²) in [4.78, 5) is 20.3. The number of nitrogens with zero attached hydrogens (tertiary/aromatic N) is 2. The Morgan fingerprint density at radius 1 is 1.11 bits per heavy atom. The molecule has 1 heterocycles. The number of anilines is 2. The van der Waals surface area contributed by atoms with Gasteiger partial charge < -0.3 is 15.2 Å². The van der Waals surface area contributed by atoms with Crippen molar-refractivity contribution >= 4 is 40.6 Å². The number of hydrogen-bond donors (Lipinski definition) is 3. The van der Waals surface area contributed by atoms with Gasteiger partial charge in [-0.2, -0.15) is 4.98 Å². The van der Waals surface area contributed by atoms with E-state index in [0.29, 0.717) is 16.5 Å². The van der Waals surface area contributed by atoms with E-state index in [1.165, 1.54) is 25.6 Å². The molecule has 0 bridgehead atoms. The Bertz CT molecular complexity index is 1020. The Kier molecular flexibility index (Phi) is 6.03. The lowest BCUT2D eigenvalue weighted by Gasteiger charge is -2.14. The third-order valence-corrected chi connectivity index (χ3v) is 4.14. The number of carbonyl (C=O) groups excluding carboxylic acids is 1. The number of nitrogen functional groups attached to an aromatic ring is 1. The number of hydrazine groups is 1. The van der Waals surface area contributed by atoms with Crippen molar-refractivity contribution in [2.45, 2.75) is 0 Å². The molecule has 3 aromatic rings. The lowest BCUT2D eigenvalue weighted by Crippen LogP contribution is -2.30. The van der Waals surface area contributed by atoms with Crippen molar-refractivity contribution in [1.82, 2.24) is 15.4 Å². The number of para-hydroxylation sites is 2. The first-order chi connectivity index (χ1) is 13.5. The SMILES string of the molecule is COc1ccccc1Oc1ncnc(NNC(=O)c2ccc(Cl)cc2Cl)c1N. The lowest BCUT2D eigenvalue weighted by atomic mass is 10.2. The van der Waals surface area contributed by atoms with E-state index in [4.69, 9.17) is 38.4 Å². The highest BCUT2D eigenvalue weighted by Gasteiger charge is 2.15. The highest BCUT2D eigenvalue weighted by atomic mass is 35.5. The van der Waals surface area contributed by atoms with Gasteiger partial charge in [0.25, 0.3) is 5.91 Å². The van der Waals surface area contributed by atoms with Crippen LogP contribution in [0, 0.1) is 0 Å². The molecule has 1 amide bonds. The van der Waals surface area contributed by atoms with Crippen molar-refractivity contribution in [2.24, 2.45) is 0 Å². The maximum atomic E-state index is 12.3. The summed E-state index contributed by atoms with van der Waals surface area (Å²) in [7, 11) is 1.52. The van der Waals surface area contributed by atoms with Crippen LogP contribution in [-0.4, -0.2) is 23.0 Å². The zero-order chi connectivity index (χ0) is 20.1. The molecule has 0 fully saturated rings. The molecule has 0 radical (unpaired) electrons. The van der Waals surface area contributed by atoms with Gasteiger partial charge in [-0.25, -0.2) is 4.98 Å². The largest absolute Gasteiger partial charge is 0.493 e. The highest BCUT2D eigenvalue weighted by molar-refractivity contribution is 6.36. The molecule has 28 heavy (non-hydrogen) atoms. The normalized spacial score (nSPS) is 10.2. The molecule has 0 aliphatic heterocycles. The molecule has 0 aliphatic rings. The molecule has 0 aliphatic carbocycles. The van der Waals surface area contributed by atoms with E-state index in [-0.39, 0.29) is 28.0 Å². The van der Waals surface area contributed by atoms with Crippen LogP contribution in [0.2, 0.25) is 10.0 Å². The minimum absolute atomic E-state index is 0.0934. The van der Waals surface area contributed by atoms with Gasteiger partial charge in [-0.15, -0.1) is 0 Å². The zero-order valence-corrected chi connectivity index (χ0v) is 16.1. The van der Waals surface area contributed by atoms with Crippen molar-refractivity contribution in [1.29, 1.82) is 0 Å². The van der Waals surface area contributed by atoms with Gasteiger partial charge in [0, 0.05) is 5.02 Å². The topological polar surface area (TPSA) is 111 Å². The smallest absolute Gasteiger partial charge is 0.271 e. The number of rotatable bonds is 6. The molecule has 8 nitrogen and oxygen atoms in total. The monoisotopic (exact) mass is 419 g/mol. The zero-order valence-electron chi connectivity index (χ0n) is 14.6. The molecule has 2 aromatic carbocycles. The summed E-state index contributed by atoms with van der Waals surface area (Å²) in [6, 6.07) is 11.6. The number of benzene rings is 2.